The molecular formula is C13H17N5O2S. The fourth-order valence-electron chi connectivity index (χ4n) is 2.50. The summed E-state index contributed by atoms with van der Waals surface area (Å²) in [7, 11) is 0. The standard InChI is InChI=1S/C13H17N5O2S/c19-12(16-13-17-15-9-21-13)14-8-10(11-4-3-7-20-11)18-5-1-2-6-18/h3-4,7,9-10H,1-2,5-6,8H2,(H2,14,16,17,19)/t10-/m1/s1. The molecule has 1 fully saturated rings. The Labute approximate surface area is 126 Å². The van der Waals surface area contributed by atoms with Crippen LogP contribution in [0, 0.1) is 0 Å². The number of nitrogens with one attached hydrogen (secondary N) is 2. The first-order valence-electron chi connectivity index (χ1n) is 6.91. The zero-order valence-corrected chi connectivity index (χ0v) is 12.3. The summed E-state index contributed by atoms with van der Waals surface area (Å²) >= 11 is 1.29. The van der Waals surface area contributed by atoms with E-state index < -0.39 is 0 Å². The number of furan rings is 1. The van der Waals surface area contributed by atoms with Gasteiger partial charge in [-0.2, -0.15) is 0 Å². The minimum absolute atomic E-state index is 0.0719. The number of carbonyl (C=O) groups excluding carboxylic acids is 1. The molecule has 1 aliphatic rings. The lowest BCUT2D eigenvalue weighted by atomic mass is 10.2. The average Bonchev–Trinajstić information content (AvgIpc) is 3.23. The van der Waals surface area contributed by atoms with E-state index in [1.54, 1.807) is 11.8 Å². The summed E-state index contributed by atoms with van der Waals surface area (Å²) in [5.74, 6) is 0.883. The summed E-state index contributed by atoms with van der Waals surface area (Å²) in [6.07, 6.45) is 4.04. The molecule has 1 atom stereocenters. The molecule has 112 valence electrons. The fraction of sp³-hybridized carbons (Fsp3) is 0.462. The molecule has 1 saturated heterocycles. The van der Waals surface area contributed by atoms with Crippen LogP contribution in [0.3, 0.4) is 0 Å². The van der Waals surface area contributed by atoms with Crippen molar-refractivity contribution < 1.29 is 9.21 Å². The van der Waals surface area contributed by atoms with Crippen molar-refractivity contribution in [1.29, 1.82) is 0 Å². The van der Waals surface area contributed by atoms with Crippen molar-refractivity contribution in [2.24, 2.45) is 0 Å². The molecule has 2 aromatic rings. The molecule has 21 heavy (non-hydrogen) atoms. The molecule has 0 unspecified atom stereocenters. The molecule has 2 amide bonds. The Morgan fingerprint density at radius 2 is 2.33 bits per heavy atom. The Hall–Kier alpha value is -1.93. The third kappa shape index (κ3) is 3.59. The van der Waals surface area contributed by atoms with E-state index in [2.05, 4.69) is 25.7 Å². The second-order valence-corrected chi connectivity index (χ2v) is 5.69. The van der Waals surface area contributed by atoms with Crippen LogP contribution in [0.5, 0.6) is 0 Å². The smallest absolute Gasteiger partial charge is 0.321 e. The maximum atomic E-state index is 11.9. The van der Waals surface area contributed by atoms with Gasteiger partial charge in [-0.25, -0.2) is 4.79 Å². The van der Waals surface area contributed by atoms with Gasteiger partial charge < -0.3 is 9.73 Å². The molecular weight excluding hydrogens is 290 g/mol. The quantitative estimate of drug-likeness (QED) is 0.883. The topological polar surface area (TPSA) is 83.3 Å². The maximum absolute atomic E-state index is 11.9. The Morgan fingerprint density at radius 3 is 3.00 bits per heavy atom. The first-order valence-corrected chi connectivity index (χ1v) is 7.79. The van der Waals surface area contributed by atoms with Gasteiger partial charge in [0.15, 0.2) is 0 Å². The number of nitrogens with zero attached hydrogens (tertiary/aromatic N) is 3. The SMILES string of the molecule is O=C(NC[C@H](c1ccco1)N1CCCC1)Nc1nncs1. The predicted molar refractivity (Wildman–Crippen MR) is 79.2 cm³/mol. The third-order valence-corrected chi connectivity index (χ3v) is 4.10. The molecule has 0 saturated carbocycles. The highest BCUT2D eigenvalue weighted by molar-refractivity contribution is 7.13. The molecule has 2 N–H and O–H groups in total. The zero-order chi connectivity index (χ0) is 14.5. The van der Waals surface area contributed by atoms with Gasteiger partial charge in [-0.3, -0.25) is 10.2 Å². The lowest BCUT2D eigenvalue weighted by molar-refractivity contribution is 0.207. The van der Waals surface area contributed by atoms with Crippen molar-refractivity contribution in [1.82, 2.24) is 20.4 Å². The fourth-order valence-corrected chi connectivity index (χ4v) is 2.94. The Morgan fingerprint density at radius 1 is 1.48 bits per heavy atom. The second kappa shape index (κ2) is 6.68. The van der Waals surface area contributed by atoms with Crippen LogP contribution in [0.1, 0.15) is 24.6 Å². The highest BCUT2D eigenvalue weighted by Crippen LogP contribution is 2.24. The molecule has 0 aliphatic carbocycles. The van der Waals surface area contributed by atoms with E-state index in [1.807, 2.05) is 12.1 Å². The molecule has 2 aromatic heterocycles. The normalized spacial score (nSPS) is 16.8. The molecule has 0 spiro atoms. The van der Waals surface area contributed by atoms with Crippen LogP contribution >= 0.6 is 11.3 Å². The zero-order valence-electron chi connectivity index (χ0n) is 11.5. The monoisotopic (exact) mass is 307 g/mol. The van der Waals surface area contributed by atoms with Crippen molar-refractivity contribution in [2.45, 2.75) is 18.9 Å². The summed E-state index contributed by atoms with van der Waals surface area (Å²) in [4.78, 5) is 14.2. The molecule has 0 radical (unpaired) electrons. The lowest BCUT2D eigenvalue weighted by Gasteiger charge is -2.25. The van der Waals surface area contributed by atoms with Gasteiger partial charge in [-0.1, -0.05) is 11.3 Å². The predicted octanol–water partition coefficient (Wildman–Crippen LogP) is 2.09. The second-order valence-electron chi connectivity index (χ2n) is 4.85. The van der Waals surface area contributed by atoms with Crippen LogP contribution in [-0.2, 0) is 0 Å². The van der Waals surface area contributed by atoms with E-state index in [9.17, 15) is 4.79 Å². The van der Waals surface area contributed by atoms with Gasteiger partial charge in [-0.15, -0.1) is 10.2 Å². The largest absolute Gasteiger partial charge is 0.468 e. The van der Waals surface area contributed by atoms with Crippen LogP contribution in [0.25, 0.3) is 0 Å². The number of hydrogen-bond donors (Lipinski definition) is 2. The lowest BCUT2D eigenvalue weighted by Crippen LogP contribution is -2.38. The van der Waals surface area contributed by atoms with Crippen LogP contribution in [0.2, 0.25) is 0 Å². The van der Waals surface area contributed by atoms with E-state index in [-0.39, 0.29) is 12.1 Å². The molecule has 3 heterocycles. The van der Waals surface area contributed by atoms with Gasteiger partial charge in [0, 0.05) is 6.54 Å². The number of hydrogen-bond acceptors (Lipinski definition) is 6. The van der Waals surface area contributed by atoms with Crippen LogP contribution < -0.4 is 10.6 Å². The molecule has 8 heteroatoms. The minimum Gasteiger partial charge on any atom is -0.468 e. The van der Waals surface area contributed by atoms with Crippen molar-refractivity contribution in [2.75, 3.05) is 25.0 Å². The van der Waals surface area contributed by atoms with Crippen molar-refractivity contribution in [3.8, 4) is 0 Å². The first-order chi connectivity index (χ1) is 10.3. The summed E-state index contributed by atoms with van der Waals surface area (Å²) in [6.45, 7) is 2.56. The molecule has 0 bridgehead atoms. The average molecular weight is 307 g/mol. The van der Waals surface area contributed by atoms with Gasteiger partial charge in [0.05, 0.1) is 12.3 Å². The van der Waals surface area contributed by atoms with Gasteiger partial charge in [0.1, 0.15) is 11.3 Å². The maximum Gasteiger partial charge on any atom is 0.321 e. The number of urea groups is 1. The van der Waals surface area contributed by atoms with E-state index in [0.29, 0.717) is 11.7 Å². The van der Waals surface area contributed by atoms with E-state index in [1.165, 1.54) is 24.2 Å². The summed E-state index contributed by atoms with van der Waals surface area (Å²) in [6, 6.07) is 3.62. The summed E-state index contributed by atoms with van der Waals surface area (Å²) in [5, 5.41) is 13.5. The van der Waals surface area contributed by atoms with E-state index >= 15 is 0 Å². The summed E-state index contributed by atoms with van der Waals surface area (Å²) in [5.41, 5.74) is 1.57. The van der Waals surface area contributed by atoms with Crippen LogP contribution in [0.15, 0.2) is 28.3 Å². The van der Waals surface area contributed by atoms with Gasteiger partial charge in [0.2, 0.25) is 5.13 Å². The highest BCUT2D eigenvalue weighted by atomic mass is 32.1. The molecule has 7 nitrogen and oxygen atoms in total. The molecule has 0 aromatic carbocycles. The molecule has 3 rings (SSSR count). The number of rotatable bonds is 5. The van der Waals surface area contributed by atoms with Crippen molar-refractivity contribution in [3.63, 3.8) is 0 Å². The van der Waals surface area contributed by atoms with Crippen LogP contribution in [-0.4, -0.2) is 40.8 Å². The van der Waals surface area contributed by atoms with E-state index in [4.69, 9.17) is 4.42 Å². The van der Waals surface area contributed by atoms with E-state index in [0.717, 1.165) is 18.8 Å². The number of amides is 2. The Bertz CT molecular complexity index is 551. The minimum atomic E-state index is -0.275. The van der Waals surface area contributed by atoms with Gasteiger partial charge >= 0.3 is 6.03 Å². The first kappa shape index (κ1) is 14.0. The number of aromatic nitrogens is 2. The van der Waals surface area contributed by atoms with Crippen molar-refractivity contribution >= 4 is 22.5 Å². The van der Waals surface area contributed by atoms with Gasteiger partial charge in [-0.05, 0) is 38.1 Å². The van der Waals surface area contributed by atoms with Crippen LogP contribution in [0.4, 0.5) is 9.93 Å². The third-order valence-electron chi connectivity index (χ3n) is 3.49. The number of anilines is 1. The van der Waals surface area contributed by atoms with Gasteiger partial charge in [0.25, 0.3) is 0 Å². The number of carbonyl (C=O) groups is 1. The summed E-state index contributed by atoms with van der Waals surface area (Å²) < 4.78 is 5.51. The van der Waals surface area contributed by atoms with Crippen molar-refractivity contribution in [3.05, 3.63) is 29.7 Å². The number of likely N-dealkylation sites (tertiary alicyclic amines) is 1. The molecule has 1 aliphatic heterocycles. The Kier molecular flexibility index (Phi) is 4.46. The highest BCUT2D eigenvalue weighted by Gasteiger charge is 2.25. The Balaban J connectivity index is 1.58.